The number of ether oxygens (including phenoxy) is 1. The SMILES string of the molecule is C[C@@H]1CN(c2nc(-c3ccc(F)cc3)cs2)CC[C@@]1(O)C1CCOCC1. The van der Waals surface area contributed by atoms with Gasteiger partial charge in [-0.15, -0.1) is 11.3 Å². The third-order valence-corrected chi connectivity index (χ3v) is 6.86. The fourth-order valence-corrected chi connectivity index (χ4v) is 5.15. The minimum Gasteiger partial charge on any atom is -0.389 e. The fourth-order valence-electron chi connectivity index (χ4n) is 4.28. The predicted octanol–water partition coefficient (Wildman–Crippen LogP) is 3.95. The summed E-state index contributed by atoms with van der Waals surface area (Å²) in [5, 5.41) is 14.3. The van der Waals surface area contributed by atoms with Crippen LogP contribution in [-0.4, -0.2) is 42.0 Å². The largest absolute Gasteiger partial charge is 0.389 e. The molecule has 0 spiro atoms. The molecule has 0 aliphatic carbocycles. The molecule has 4 nitrogen and oxygen atoms in total. The predicted molar refractivity (Wildman–Crippen MR) is 102 cm³/mol. The summed E-state index contributed by atoms with van der Waals surface area (Å²) >= 11 is 1.61. The molecule has 3 heterocycles. The van der Waals surface area contributed by atoms with Crippen molar-refractivity contribution < 1.29 is 14.2 Å². The van der Waals surface area contributed by atoms with Crippen LogP contribution >= 0.6 is 11.3 Å². The van der Waals surface area contributed by atoms with Crippen LogP contribution in [0.15, 0.2) is 29.6 Å². The lowest BCUT2D eigenvalue weighted by Gasteiger charge is -2.48. The molecule has 0 radical (unpaired) electrons. The van der Waals surface area contributed by atoms with Crippen LogP contribution in [0.4, 0.5) is 9.52 Å². The van der Waals surface area contributed by atoms with Gasteiger partial charge in [-0.05, 0) is 49.4 Å². The lowest BCUT2D eigenvalue weighted by atomic mass is 9.70. The zero-order valence-electron chi connectivity index (χ0n) is 15.0. The van der Waals surface area contributed by atoms with Gasteiger partial charge in [0, 0.05) is 43.2 Å². The molecular formula is C20H25FN2O2S. The van der Waals surface area contributed by atoms with E-state index >= 15 is 0 Å². The summed E-state index contributed by atoms with van der Waals surface area (Å²) in [4.78, 5) is 7.02. The quantitative estimate of drug-likeness (QED) is 0.881. The van der Waals surface area contributed by atoms with Gasteiger partial charge in [0.15, 0.2) is 5.13 Å². The first-order valence-corrected chi connectivity index (χ1v) is 10.2. The molecule has 2 atom stereocenters. The summed E-state index contributed by atoms with van der Waals surface area (Å²) in [5.41, 5.74) is 1.21. The molecule has 6 heteroatoms. The number of rotatable bonds is 3. The summed E-state index contributed by atoms with van der Waals surface area (Å²) in [6.45, 7) is 5.29. The second kappa shape index (κ2) is 7.25. The maximum absolute atomic E-state index is 13.1. The van der Waals surface area contributed by atoms with Gasteiger partial charge >= 0.3 is 0 Å². The van der Waals surface area contributed by atoms with E-state index in [-0.39, 0.29) is 11.7 Å². The Bertz CT molecular complexity index is 745. The van der Waals surface area contributed by atoms with Gasteiger partial charge in [0.2, 0.25) is 0 Å². The van der Waals surface area contributed by atoms with E-state index in [0.29, 0.717) is 5.92 Å². The summed E-state index contributed by atoms with van der Waals surface area (Å²) in [7, 11) is 0. The Hall–Kier alpha value is -1.50. The van der Waals surface area contributed by atoms with E-state index in [1.807, 2.05) is 5.38 Å². The number of hydrogen-bond acceptors (Lipinski definition) is 5. The number of hydrogen-bond donors (Lipinski definition) is 1. The van der Waals surface area contributed by atoms with Crippen molar-refractivity contribution in [3.8, 4) is 11.3 Å². The molecule has 2 saturated heterocycles. The van der Waals surface area contributed by atoms with E-state index in [9.17, 15) is 9.50 Å². The molecule has 2 aliphatic heterocycles. The molecule has 1 N–H and O–H groups in total. The summed E-state index contributed by atoms with van der Waals surface area (Å²) < 4.78 is 18.6. The van der Waals surface area contributed by atoms with Crippen LogP contribution in [0, 0.1) is 17.7 Å². The molecule has 140 valence electrons. The number of nitrogens with zero attached hydrogens (tertiary/aromatic N) is 2. The van der Waals surface area contributed by atoms with Crippen molar-refractivity contribution in [2.24, 2.45) is 11.8 Å². The van der Waals surface area contributed by atoms with Gasteiger partial charge in [-0.1, -0.05) is 6.92 Å². The molecule has 4 rings (SSSR count). The van der Waals surface area contributed by atoms with Crippen LogP contribution in [0.5, 0.6) is 0 Å². The molecule has 0 unspecified atom stereocenters. The average molecular weight is 376 g/mol. The molecule has 2 fully saturated rings. The third-order valence-electron chi connectivity index (χ3n) is 5.96. The van der Waals surface area contributed by atoms with Gasteiger partial charge in [-0.25, -0.2) is 9.37 Å². The Kier molecular flexibility index (Phi) is 4.99. The fraction of sp³-hybridized carbons (Fsp3) is 0.550. The highest BCUT2D eigenvalue weighted by Crippen LogP contribution is 2.41. The lowest BCUT2D eigenvalue weighted by Crippen LogP contribution is -2.56. The Morgan fingerprint density at radius 2 is 2.00 bits per heavy atom. The zero-order chi connectivity index (χ0) is 18.1. The van der Waals surface area contributed by atoms with Crippen LogP contribution in [0.2, 0.25) is 0 Å². The Morgan fingerprint density at radius 3 is 2.69 bits per heavy atom. The van der Waals surface area contributed by atoms with Crippen molar-refractivity contribution in [1.29, 1.82) is 0 Å². The van der Waals surface area contributed by atoms with Crippen LogP contribution < -0.4 is 4.90 Å². The summed E-state index contributed by atoms with van der Waals surface area (Å²) in [6, 6.07) is 6.45. The zero-order valence-corrected chi connectivity index (χ0v) is 15.8. The Morgan fingerprint density at radius 1 is 1.27 bits per heavy atom. The average Bonchev–Trinajstić information content (AvgIpc) is 3.15. The van der Waals surface area contributed by atoms with Crippen LogP contribution in [0.25, 0.3) is 11.3 Å². The van der Waals surface area contributed by atoms with E-state index in [4.69, 9.17) is 9.72 Å². The lowest BCUT2D eigenvalue weighted by molar-refractivity contribution is -0.108. The van der Waals surface area contributed by atoms with Crippen molar-refractivity contribution in [3.63, 3.8) is 0 Å². The molecular weight excluding hydrogens is 351 g/mol. The van der Waals surface area contributed by atoms with Crippen LogP contribution in [0.3, 0.4) is 0 Å². The van der Waals surface area contributed by atoms with Crippen molar-refractivity contribution in [1.82, 2.24) is 4.98 Å². The van der Waals surface area contributed by atoms with E-state index in [1.165, 1.54) is 12.1 Å². The van der Waals surface area contributed by atoms with Crippen LogP contribution in [-0.2, 0) is 4.74 Å². The summed E-state index contributed by atoms with van der Waals surface area (Å²) in [5.74, 6) is 0.290. The second-order valence-corrected chi connectivity index (χ2v) is 8.33. The first-order chi connectivity index (χ1) is 12.6. The highest BCUT2D eigenvalue weighted by Gasteiger charge is 2.45. The van der Waals surface area contributed by atoms with Crippen molar-refractivity contribution in [2.75, 3.05) is 31.2 Å². The molecule has 26 heavy (non-hydrogen) atoms. The second-order valence-electron chi connectivity index (χ2n) is 7.50. The number of thiazole rings is 1. The van der Waals surface area contributed by atoms with Gasteiger partial charge < -0.3 is 14.7 Å². The smallest absolute Gasteiger partial charge is 0.185 e. The first kappa shape index (κ1) is 17.9. The van der Waals surface area contributed by atoms with Gasteiger partial charge in [0.1, 0.15) is 5.82 Å². The highest BCUT2D eigenvalue weighted by atomic mass is 32.1. The van der Waals surface area contributed by atoms with Crippen molar-refractivity contribution in [2.45, 2.75) is 31.8 Å². The maximum atomic E-state index is 13.1. The van der Waals surface area contributed by atoms with Gasteiger partial charge in [0.25, 0.3) is 0 Å². The Labute approximate surface area is 157 Å². The van der Waals surface area contributed by atoms with Gasteiger partial charge in [-0.2, -0.15) is 0 Å². The van der Waals surface area contributed by atoms with E-state index in [2.05, 4.69) is 11.8 Å². The Balaban J connectivity index is 1.46. The number of aliphatic hydroxyl groups is 1. The molecule has 1 aromatic heterocycles. The normalized spacial score (nSPS) is 27.7. The monoisotopic (exact) mass is 376 g/mol. The third kappa shape index (κ3) is 3.38. The standard InChI is InChI=1S/C20H25FN2O2S/c1-14-12-23(9-8-20(14,24)16-6-10-25-11-7-16)19-22-18(13-26-19)15-2-4-17(21)5-3-15/h2-5,13-14,16,24H,6-12H2,1H3/t14-,20+/m1/s1. The minimum absolute atomic E-state index is 0.192. The van der Waals surface area contributed by atoms with Crippen LogP contribution in [0.1, 0.15) is 26.2 Å². The topological polar surface area (TPSA) is 45.6 Å². The number of piperidine rings is 1. The molecule has 2 aliphatic rings. The summed E-state index contributed by atoms with van der Waals surface area (Å²) in [6.07, 6.45) is 2.67. The number of halogens is 1. The maximum Gasteiger partial charge on any atom is 0.185 e. The van der Waals surface area contributed by atoms with Gasteiger partial charge in [-0.3, -0.25) is 0 Å². The molecule has 0 saturated carbocycles. The number of aromatic nitrogens is 1. The molecule has 1 aromatic carbocycles. The van der Waals surface area contributed by atoms with Crippen molar-refractivity contribution >= 4 is 16.5 Å². The van der Waals surface area contributed by atoms with Gasteiger partial charge in [0.05, 0.1) is 11.3 Å². The van der Waals surface area contributed by atoms with E-state index in [1.54, 1.807) is 23.5 Å². The highest BCUT2D eigenvalue weighted by molar-refractivity contribution is 7.14. The van der Waals surface area contributed by atoms with E-state index < -0.39 is 5.60 Å². The first-order valence-electron chi connectivity index (χ1n) is 9.33. The van der Waals surface area contributed by atoms with Crippen molar-refractivity contribution in [3.05, 3.63) is 35.5 Å². The number of anilines is 1. The number of benzene rings is 1. The molecule has 0 amide bonds. The molecule has 0 bridgehead atoms. The van der Waals surface area contributed by atoms with E-state index in [0.717, 1.165) is 62.0 Å². The minimum atomic E-state index is -0.600. The molecule has 2 aromatic rings.